The molecule has 3 fully saturated rings. The van der Waals surface area contributed by atoms with Gasteiger partial charge in [0, 0.05) is 126 Å². The molecule has 0 radical (unpaired) electrons. The first-order valence-corrected chi connectivity index (χ1v) is 44.0. The highest BCUT2D eigenvalue weighted by atomic mass is 35.5. The Morgan fingerprint density at radius 1 is 0.815 bits per heavy atom. The highest BCUT2D eigenvalue weighted by Gasteiger charge is 2.65. The SMILES string of the molecule is CCCCN(CCSSCCC(=O)N(C)[C@@H](C)C(=O)O[C@H]1CC(=O)N(C)c2cc(cc(OC)c2Cl)C/C(C)=C/C=C/[C@@H](OC)[C@@]2(O)C[C@H](OC(=O)N2)[C@@H](C)[C@@H]2O[C@@]12C)C(=O)CC[C@H]1C(=O)C[C@@H](Cc2ccc(O)cc2)C(=O)N[C@H](Cc2c[nH]c3ccccc23)CC[C@@H](CCCCN)C(=O)N[C@@H]([C@@H](C)O)C(=O)N[C@@H](Cc2ccccc2)C(=O)N1C. The van der Waals surface area contributed by atoms with Crippen LogP contribution in [0.2, 0.25) is 5.02 Å². The number of anilines is 1. The molecule has 119 heavy (non-hydrogen) atoms. The standard InChI is InChI=1S/C88H119ClN10O18S2/c1-12-13-39-99(40-42-119-118-41-37-75(103)96(7)55(4)85(110)116-74-50-77(105)97(8)69-46-59(47-71(113-10)78(69)89)43-53(2)22-21-28-73(114-11)88(112)51-72(115-86(111)95-88)54(3)80-87(74,6)117-80)76(104)36-35-68-70(102)49-61(44-58-29-33-64(101)34-30-58)82(107)92-63(48-62-52-91-66-27-18-17-26-65(62)66)32-31-60(25-19-20-38-90)81(106)94-79(56(5)100)83(108)93-67(84(109)98(68)9)45-57-23-15-14-16-24-57/h14-18,21-24,26-30,33-34,46-47,52,54-56,60-61,63,67-68,72-74,79-80,91,100-101,112H,12-13,19-20,25,31-32,35-45,48-51,90H2,1-11H3,(H,92,107)(H,93,108)(H,94,106)(H,95,111)/b28-21+,53-22+/t54-,55+,56-,60-,61-,63+,67+,68+,72+,73-,74+,79+,80+,87+,88+/m1/s1. The molecular weight excluding hydrogens is 1580 g/mol. The van der Waals surface area contributed by atoms with E-state index in [9.17, 15) is 48.9 Å². The summed E-state index contributed by atoms with van der Waals surface area (Å²) >= 11 is 6.91. The van der Waals surface area contributed by atoms with Gasteiger partial charge in [0.1, 0.15) is 58.6 Å². The average Bonchev–Trinajstić information content (AvgIpc) is 1.57. The summed E-state index contributed by atoms with van der Waals surface area (Å²) in [5, 5.41) is 46.3. The van der Waals surface area contributed by atoms with Crippen molar-refractivity contribution in [2.24, 2.45) is 23.5 Å². The van der Waals surface area contributed by atoms with Crippen LogP contribution in [0, 0.1) is 17.8 Å². The summed E-state index contributed by atoms with van der Waals surface area (Å²) in [6.07, 6.45) is 3.51. The zero-order chi connectivity index (χ0) is 86.4. The number of benzene rings is 4. The summed E-state index contributed by atoms with van der Waals surface area (Å²) in [5.74, 6) is -6.47. The van der Waals surface area contributed by atoms with Gasteiger partial charge in [-0.1, -0.05) is 144 Å². The maximum Gasteiger partial charge on any atom is 0.409 e. The number of nitrogens with zero attached hydrogens (tertiary/aromatic N) is 4. The Labute approximate surface area is 710 Å². The number of nitrogens with two attached hydrogens (primary N) is 1. The van der Waals surface area contributed by atoms with E-state index in [0.29, 0.717) is 85.7 Å². The molecule has 0 spiro atoms. The predicted octanol–water partition coefficient (Wildman–Crippen LogP) is 9.39. The number of nitrogens with one attached hydrogen (secondary N) is 5. The van der Waals surface area contributed by atoms with Crippen LogP contribution in [0.25, 0.3) is 10.9 Å². The zero-order valence-corrected chi connectivity index (χ0v) is 72.4. The van der Waals surface area contributed by atoms with Gasteiger partial charge in [0.15, 0.2) is 11.5 Å². The van der Waals surface area contributed by atoms with Crippen molar-refractivity contribution in [2.75, 3.05) is 71.4 Å². The van der Waals surface area contributed by atoms with Crippen molar-refractivity contribution in [2.45, 2.75) is 223 Å². The number of aromatic nitrogens is 1. The molecule has 15 atom stereocenters. The van der Waals surface area contributed by atoms with E-state index in [0.717, 1.165) is 34.0 Å². The number of ether oxygens (including phenoxy) is 5. The fraction of sp³-hybridized carbons (Fsp3) is 0.545. The summed E-state index contributed by atoms with van der Waals surface area (Å²) < 4.78 is 29.8. The third-order valence-corrected chi connectivity index (χ3v) is 26.1. The molecule has 8 amide bonds. The molecule has 4 bridgehead atoms. The number of Topliss-reactive ketones (excluding diaryl/α,β-unsaturated/α-hetero) is 1. The molecule has 9 rings (SSSR count). The molecule has 1 aromatic heterocycles. The van der Waals surface area contributed by atoms with Gasteiger partial charge in [0.05, 0.1) is 37.5 Å². The highest BCUT2D eigenvalue weighted by Crippen LogP contribution is 2.50. The lowest BCUT2D eigenvalue weighted by molar-refractivity contribution is -0.162. The molecule has 3 saturated heterocycles. The number of alkyl carbamates (subject to hydrolysis) is 1. The number of ketones is 1. The van der Waals surface area contributed by atoms with Crippen LogP contribution in [0.4, 0.5) is 10.5 Å². The number of hydrogen-bond donors (Lipinski definition) is 9. The van der Waals surface area contributed by atoms with E-state index in [-0.39, 0.29) is 74.6 Å². The summed E-state index contributed by atoms with van der Waals surface area (Å²) in [7, 11) is 10.1. The predicted molar refractivity (Wildman–Crippen MR) is 458 cm³/mol. The summed E-state index contributed by atoms with van der Waals surface area (Å²) in [6, 6.07) is 20.5. The number of rotatable bonds is 29. The van der Waals surface area contributed by atoms with Crippen LogP contribution < -0.4 is 36.6 Å². The van der Waals surface area contributed by atoms with Crippen LogP contribution >= 0.6 is 33.2 Å². The Morgan fingerprint density at radius 3 is 2.23 bits per heavy atom. The number of aliphatic hydroxyl groups excluding tert-OH is 1. The lowest BCUT2D eigenvalue weighted by atomic mass is 9.83. The van der Waals surface area contributed by atoms with E-state index in [2.05, 4.69) is 26.3 Å². The third-order valence-electron chi connectivity index (χ3n) is 23.3. The monoisotopic (exact) mass is 1700 g/mol. The van der Waals surface area contributed by atoms with E-state index < -0.39 is 156 Å². The first-order chi connectivity index (χ1) is 56.8. The number of H-pyrrole nitrogens is 1. The van der Waals surface area contributed by atoms with Gasteiger partial charge in [0.25, 0.3) is 0 Å². The fourth-order valence-electron chi connectivity index (χ4n) is 15.9. The number of phenols is 1. The van der Waals surface area contributed by atoms with Crippen molar-refractivity contribution in [3.05, 3.63) is 148 Å². The Kier molecular flexibility index (Phi) is 34.7. The number of carbonyl (C=O) groups is 10. The number of amides is 8. The molecule has 0 unspecified atom stereocenters. The Morgan fingerprint density at radius 2 is 1.52 bits per heavy atom. The van der Waals surface area contributed by atoms with Crippen molar-refractivity contribution < 1.29 is 86.9 Å². The quantitative estimate of drug-likeness (QED) is 0.00931. The van der Waals surface area contributed by atoms with E-state index in [4.69, 9.17) is 41.0 Å². The topological polar surface area (TPSA) is 384 Å². The molecular formula is C88H119ClN10O18S2. The number of hydrogen-bond acceptors (Lipinski definition) is 21. The summed E-state index contributed by atoms with van der Waals surface area (Å²) in [5.41, 5.74) is 7.68. The number of likely N-dealkylation sites (N-methyl/N-ethyl adjacent to an activating group) is 2. The second-order valence-electron chi connectivity index (χ2n) is 32.1. The molecule has 0 saturated carbocycles. The summed E-state index contributed by atoms with van der Waals surface area (Å²) in [4.78, 5) is 156. The first-order valence-electron chi connectivity index (χ1n) is 41.1. The summed E-state index contributed by atoms with van der Waals surface area (Å²) in [6.45, 7) is 11.2. The van der Waals surface area contributed by atoms with Crippen LogP contribution in [0.1, 0.15) is 147 Å². The Balaban J connectivity index is 0.899. The van der Waals surface area contributed by atoms with Gasteiger partial charge in [-0.25, -0.2) is 9.59 Å². The molecule has 648 valence electrons. The van der Waals surface area contributed by atoms with E-state index in [1.807, 2.05) is 50.4 Å². The minimum absolute atomic E-state index is 0.00594. The number of allylic oxidation sites excluding steroid dienone is 3. The van der Waals surface area contributed by atoms with Crippen LogP contribution in [-0.2, 0) is 87.8 Å². The molecule has 4 aliphatic heterocycles. The largest absolute Gasteiger partial charge is 0.508 e. The number of carbonyl (C=O) groups excluding carboxylic acids is 10. The lowest BCUT2D eigenvalue weighted by Crippen LogP contribution is -2.63. The zero-order valence-electron chi connectivity index (χ0n) is 70.1. The first kappa shape index (κ1) is 93.9. The molecule has 28 nitrogen and oxygen atoms in total. The molecule has 10 N–H and O–H groups in total. The van der Waals surface area contributed by atoms with Gasteiger partial charge < -0.3 is 85.3 Å². The van der Waals surface area contributed by atoms with Crippen LogP contribution in [0.5, 0.6) is 11.5 Å². The van der Waals surface area contributed by atoms with E-state index >= 15 is 14.4 Å². The lowest BCUT2D eigenvalue weighted by Gasteiger charge is -2.42. The van der Waals surface area contributed by atoms with Crippen molar-refractivity contribution in [3.63, 3.8) is 0 Å². The maximum absolute atomic E-state index is 15.6. The Hall–Kier alpha value is -9.01. The maximum atomic E-state index is 15.6. The van der Waals surface area contributed by atoms with Crippen molar-refractivity contribution in [3.8, 4) is 11.5 Å². The van der Waals surface area contributed by atoms with Gasteiger partial charge in [0.2, 0.25) is 41.4 Å². The minimum Gasteiger partial charge on any atom is -0.508 e. The molecule has 0 aliphatic carbocycles. The Bertz CT molecular complexity index is 4400. The molecule has 4 aromatic carbocycles. The normalized spacial score (nSPS) is 26.4. The van der Waals surface area contributed by atoms with Crippen molar-refractivity contribution >= 4 is 109 Å². The second kappa shape index (κ2) is 44.0. The van der Waals surface area contributed by atoms with Gasteiger partial charge in [-0.2, -0.15) is 0 Å². The molecule has 4 aliphatic rings. The van der Waals surface area contributed by atoms with Gasteiger partial charge >= 0.3 is 12.1 Å². The number of esters is 1. The number of aromatic amines is 1. The van der Waals surface area contributed by atoms with E-state index in [1.165, 1.54) is 90.6 Å². The molecule has 5 aromatic rings. The number of phenolic OH excluding ortho intramolecular Hbond substituents is 1. The smallest absolute Gasteiger partial charge is 0.409 e. The van der Waals surface area contributed by atoms with Gasteiger partial charge in [-0.05, 0) is 145 Å². The number of epoxide rings is 1. The number of fused-ring (bicyclic) bond motifs is 6. The average molecular weight is 1700 g/mol. The van der Waals surface area contributed by atoms with Gasteiger partial charge in [-0.15, -0.1) is 0 Å². The van der Waals surface area contributed by atoms with Crippen LogP contribution in [0.15, 0.2) is 121 Å². The number of aromatic hydroxyl groups is 1. The van der Waals surface area contributed by atoms with Crippen LogP contribution in [0.3, 0.4) is 0 Å². The van der Waals surface area contributed by atoms with Gasteiger partial charge in [-0.3, -0.25) is 43.7 Å². The second-order valence-corrected chi connectivity index (χ2v) is 35.2. The number of aliphatic hydroxyl groups is 2. The number of para-hydroxylation sites is 1. The third kappa shape index (κ3) is 25.3. The fourth-order valence-corrected chi connectivity index (χ4v) is 18.2. The van der Waals surface area contributed by atoms with Crippen molar-refractivity contribution in [1.29, 1.82) is 0 Å². The van der Waals surface area contributed by atoms with E-state index in [1.54, 1.807) is 92.5 Å². The number of unbranched alkanes of at least 4 members (excludes halogenated alkanes) is 2. The number of methoxy groups -OCH3 is 2. The highest BCUT2D eigenvalue weighted by molar-refractivity contribution is 8.76. The van der Waals surface area contributed by atoms with Crippen LogP contribution in [-0.4, -0.2) is 233 Å². The molecule has 31 heteroatoms. The van der Waals surface area contributed by atoms with Crippen molar-refractivity contribution in [1.82, 2.24) is 41.0 Å². The minimum atomic E-state index is -1.92. The molecule has 5 heterocycles. The number of halogens is 1.